The molecule has 1 aromatic heterocycles. The highest BCUT2D eigenvalue weighted by atomic mass is 35.5. The maximum absolute atomic E-state index is 12.2. The number of hydrogen-bond donors (Lipinski definition) is 1. The van der Waals surface area contributed by atoms with Crippen molar-refractivity contribution in [2.24, 2.45) is 0 Å². The SMILES string of the molecule is Cc1ccc(Cl)cc1NC(=O)CCN(Cc1ccccn1)S(C)(=O)=O. The summed E-state index contributed by atoms with van der Waals surface area (Å²) >= 11 is 5.93. The topological polar surface area (TPSA) is 79.4 Å². The van der Waals surface area contributed by atoms with Gasteiger partial charge in [0.15, 0.2) is 0 Å². The second-order valence-electron chi connectivity index (χ2n) is 5.68. The molecule has 0 radical (unpaired) electrons. The van der Waals surface area contributed by atoms with Crippen LogP contribution in [0.5, 0.6) is 0 Å². The van der Waals surface area contributed by atoms with E-state index in [-0.39, 0.29) is 25.4 Å². The van der Waals surface area contributed by atoms with Crippen molar-refractivity contribution in [3.63, 3.8) is 0 Å². The lowest BCUT2D eigenvalue weighted by molar-refractivity contribution is -0.116. The zero-order chi connectivity index (χ0) is 18.4. The van der Waals surface area contributed by atoms with E-state index in [1.54, 1.807) is 36.5 Å². The zero-order valence-electron chi connectivity index (χ0n) is 14.1. The number of anilines is 1. The van der Waals surface area contributed by atoms with Crippen molar-refractivity contribution >= 4 is 33.2 Å². The van der Waals surface area contributed by atoms with Crippen molar-refractivity contribution in [1.82, 2.24) is 9.29 Å². The first-order valence-corrected chi connectivity index (χ1v) is 9.89. The third-order valence-corrected chi connectivity index (χ3v) is 5.08. The van der Waals surface area contributed by atoms with Crippen LogP contribution in [0.15, 0.2) is 42.6 Å². The van der Waals surface area contributed by atoms with Crippen molar-refractivity contribution in [2.75, 3.05) is 18.1 Å². The number of halogens is 1. The number of sulfonamides is 1. The molecule has 0 saturated heterocycles. The largest absolute Gasteiger partial charge is 0.326 e. The Bertz CT molecular complexity index is 841. The first kappa shape index (κ1) is 19.4. The lowest BCUT2D eigenvalue weighted by Gasteiger charge is -2.19. The molecule has 134 valence electrons. The van der Waals surface area contributed by atoms with Crippen LogP contribution in [-0.2, 0) is 21.4 Å². The molecule has 2 aromatic rings. The number of benzene rings is 1. The maximum atomic E-state index is 12.2. The summed E-state index contributed by atoms with van der Waals surface area (Å²) in [6.45, 7) is 2.06. The Morgan fingerprint density at radius 2 is 2.04 bits per heavy atom. The molecule has 0 fully saturated rings. The van der Waals surface area contributed by atoms with E-state index in [1.807, 2.05) is 13.0 Å². The van der Waals surface area contributed by atoms with Gasteiger partial charge in [-0.1, -0.05) is 23.7 Å². The van der Waals surface area contributed by atoms with Gasteiger partial charge in [0, 0.05) is 29.9 Å². The van der Waals surface area contributed by atoms with Crippen LogP contribution in [0, 0.1) is 6.92 Å². The molecule has 1 aromatic carbocycles. The Hall–Kier alpha value is -1.96. The number of hydrogen-bond acceptors (Lipinski definition) is 4. The number of carbonyl (C=O) groups excluding carboxylic acids is 1. The Morgan fingerprint density at radius 1 is 1.28 bits per heavy atom. The van der Waals surface area contributed by atoms with Gasteiger partial charge in [0.25, 0.3) is 0 Å². The fourth-order valence-electron chi connectivity index (χ4n) is 2.20. The molecular weight excluding hydrogens is 362 g/mol. The van der Waals surface area contributed by atoms with Crippen molar-refractivity contribution in [3.8, 4) is 0 Å². The molecule has 0 bridgehead atoms. The summed E-state index contributed by atoms with van der Waals surface area (Å²) in [4.78, 5) is 16.3. The second-order valence-corrected chi connectivity index (χ2v) is 8.09. The predicted octanol–water partition coefficient (Wildman–Crippen LogP) is 2.83. The minimum Gasteiger partial charge on any atom is -0.326 e. The molecule has 1 N–H and O–H groups in total. The molecule has 8 heteroatoms. The number of nitrogens with zero attached hydrogens (tertiary/aromatic N) is 2. The zero-order valence-corrected chi connectivity index (χ0v) is 15.6. The lowest BCUT2D eigenvalue weighted by atomic mass is 10.2. The Kier molecular flexibility index (Phi) is 6.52. The Labute approximate surface area is 152 Å². The van der Waals surface area contributed by atoms with E-state index >= 15 is 0 Å². The van der Waals surface area contributed by atoms with Crippen LogP contribution in [0.4, 0.5) is 5.69 Å². The molecule has 0 saturated carbocycles. The van der Waals surface area contributed by atoms with Gasteiger partial charge in [-0.15, -0.1) is 0 Å². The van der Waals surface area contributed by atoms with Crippen LogP contribution in [-0.4, -0.2) is 36.4 Å². The smallest absolute Gasteiger partial charge is 0.225 e. The van der Waals surface area contributed by atoms with Crippen molar-refractivity contribution in [1.29, 1.82) is 0 Å². The van der Waals surface area contributed by atoms with Crippen molar-refractivity contribution in [3.05, 3.63) is 58.9 Å². The summed E-state index contributed by atoms with van der Waals surface area (Å²) in [6, 6.07) is 10.5. The van der Waals surface area contributed by atoms with Gasteiger partial charge in [-0.05, 0) is 36.8 Å². The number of nitrogens with one attached hydrogen (secondary N) is 1. The second kappa shape index (κ2) is 8.42. The van der Waals surface area contributed by atoms with Crippen LogP contribution in [0.3, 0.4) is 0 Å². The molecular formula is C17H20ClN3O3S. The minimum atomic E-state index is -3.45. The number of amides is 1. The predicted molar refractivity (Wildman–Crippen MR) is 98.9 cm³/mol. The summed E-state index contributed by atoms with van der Waals surface area (Å²) in [5.74, 6) is -0.278. The number of pyridine rings is 1. The summed E-state index contributed by atoms with van der Waals surface area (Å²) in [5.41, 5.74) is 2.12. The average Bonchev–Trinajstić information content (AvgIpc) is 2.55. The summed E-state index contributed by atoms with van der Waals surface area (Å²) in [6.07, 6.45) is 2.76. The van der Waals surface area contributed by atoms with E-state index in [0.29, 0.717) is 16.4 Å². The fourth-order valence-corrected chi connectivity index (χ4v) is 3.16. The van der Waals surface area contributed by atoms with Gasteiger partial charge in [-0.2, -0.15) is 4.31 Å². The van der Waals surface area contributed by atoms with Crippen LogP contribution < -0.4 is 5.32 Å². The number of rotatable bonds is 7. The van der Waals surface area contributed by atoms with E-state index in [4.69, 9.17) is 11.6 Å². The molecule has 0 unspecified atom stereocenters. The molecule has 1 amide bonds. The lowest BCUT2D eigenvalue weighted by Crippen LogP contribution is -2.33. The van der Waals surface area contributed by atoms with Crippen LogP contribution in [0.2, 0.25) is 5.02 Å². The number of aromatic nitrogens is 1. The molecule has 0 atom stereocenters. The average molecular weight is 382 g/mol. The van der Waals surface area contributed by atoms with Crippen LogP contribution in [0.25, 0.3) is 0 Å². The van der Waals surface area contributed by atoms with Crippen molar-refractivity contribution < 1.29 is 13.2 Å². The van der Waals surface area contributed by atoms with Gasteiger partial charge in [-0.25, -0.2) is 8.42 Å². The first-order valence-electron chi connectivity index (χ1n) is 7.67. The van der Waals surface area contributed by atoms with Gasteiger partial charge in [0.05, 0.1) is 18.5 Å². The number of aryl methyl sites for hydroxylation is 1. The van der Waals surface area contributed by atoms with Gasteiger partial charge in [-0.3, -0.25) is 9.78 Å². The van der Waals surface area contributed by atoms with E-state index in [1.165, 1.54) is 4.31 Å². The summed E-state index contributed by atoms with van der Waals surface area (Å²) in [5, 5.41) is 3.28. The van der Waals surface area contributed by atoms with Crippen molar-refractivity contribution in [2.45, 2.75) is 19.9 Å². The van der Waals surface area contributed by atoms with Gasteiger partial charge < -0.3 is 5.32 Å². The molecule has 6 nitrogen and oxygen atoms in total. The van der Waals surface area contributed by atoms with E-state index in [0.717, 1.165) is 11.8 Å². The molecule has 1 heterocycles. The summed E-state index contributed by atoms with van der Waals surface area (Å²) < 4.78 is 25.1. The van der Waals surface area contributed by atoms with Crippen LogP contribution in [0.1, 0.15) is 17.7 Å². The monoisotopic (exact) mass is 381 g/mol. The molecule has 0 aliphatic rings. The van der Waals surface area contributed by atoms with Gasteiger partial charge >= 0.3 is 0 Å². The van der Waals surface area contributed by atoms with E-state index < -0.39 is 10.0 Å². The highest BCUT2D eigenvalue weighted by Gasteiger charge is 2.19. The van der Waals surface area contributed by atoms with Crippen LogP contribution >= 0.6 is 11.6 Å². The minimum absolute atomic E-state index is 0.0336. The fraction of sp³-hybridized carbons (Fsp3) is 0.294. The third-order valence-electron chi connectivity index (χ3n) is 3.60. The summed E-state index contributed by atoms with van der Waals surface area (Å²) in [7, 11) is -3.45. The quantitative estimate of drug-likeness (QED) is 0.799. The number of carbonyl (C=O) groups is 1. The molecule has 0 spiro atoms. The highest BCUT2D eigenvalue weighted by Crippen LogP contribution is 2.20. The normalized spacial score (nSPS) is 11.5. The third kappa shape index (κ3) is 6.12. The first-order chi connectivity index (χ1) is 11.8. The van der Waals surface area contributed by atoms with E-state index in [2.05, 4.69) is 10.3 Å². The Balaban J connectivity index is 2.00. The molecule has 0 aliphatic carbocycles. The molecule has 0 aliphatic heterocycles. The molecule has 25 heavy (non-hydrogen) atoms. The molecule has 2 rings (SSSR count). The van der Waals surface area contributed by atoms with E-state index in [9.17, 15) is 13.2 Å². The standard InChI is InChI=1S/C17H20ClN3O3S/c1-13-6-7-14(18)11-16(13)20-17(22)8-10-21(25(2,23)24)12-15-5-3-4-9-19-15/h3-7,9,11H,8,10,12H2,1-2H3,(H,20,22). The van der Waals surface area contributed by atoms with Gasteiger partial charge in [0.1, 0.15) is 0 Å². The van der Waals surface area contributed by atoms with Gasteiger partial charge in [0.2, 0.25) is 15.9 Å². The highest BCUT2D eigenvalue weighted by molar-refractivity contribution is 7.88. The Morgan fingerprint density at radius 3 is 2.68 bits per heavy atom. The maximum Gasteiger partial charge on any atom is 0.225 e.